The Kier molecular flexibility index (Phi) is 5.10. The summed E-state index contributed by atoms with van der Waals surface area (Å²) in [6.07, 6.45) is 2.62. The van der Waals surface area contributed by atoms with Crippen LogP contribution in [0.25, 0.3) is 0 Å². The van der Waals surface area contributed by atoms with E-state index in [2.05, 4.69) is 27.1 Å². The van der Waals surface area contributed by atoms with Crippen molar-refractivity contribution >= 4 is 5.82 Å². The number of hydrogen-bond acceptors (Lipinski definition) is 5. The smallest absolute Gasteiger partial charge is 0.144 e. The first-order valence-electron chi connectivity index (χ1n) is 7.05. The number of likely N-dealkylation sites (tertiary alicyclic amines) is 1. The van der Waals surface area contributed by atoms with E-state index in [1.807, 2.05) is 13.0 Å². The van der Waals surface area contributed by atoms with Crippen LogP contribution in [-0.4, -0.2) is 47.7 Å². The fraction of sp³-hybridized carbons (Fsp3) is 0.714. The first-order chi connectivity index (χ1) is 9.21. The quantitative estimate of drug-likeness (QED) is 0.879. The molecule has 1 aromatic heterocycles. The Balaban J connectivity index is 1.95. The minimum atomic E-state index is 0.423. The third-order valence-electron chi connectivity index (χ3n) is 3.49. The normalized spacial score (nSPS) is 17.6. The topological polar surface area (TPSA) is 50.3 Å². The van der Waals surface area contributed by atoms with Gasteiger partial charge < -0.3 is 10.1 Å². The summed E-state index contributed by atoms with van der Waals surface area (Å²) < 4.78 is 5.39. The number of ether oxygens (including phenoxy) is 1. The zero-order chi connectivity index (χ0) is 13.7. The highest BCUT2D eigenvalue weighted by atomic mass is 16.5. The van der Waals surface area contributed by atoms with Gasteiger partial charge in [0.1, 0.15) is 11.6 Å². The Morgan fingerprint density at radius 1 is 1.37 bits per heavy atom. The second-order valence-electron chi connectivity index (χ2n) is 5.05. The van der Waals surface area contributed by atoms with E-state index in [-0.39, 0.29) is 0 Å². The molecule has 0 atom stereocenters. The van der Waals surface area contributed by atoms with Crippen molar-refractivity contribution in [3.8, 4) is 0 Å². The van der Waals surface area contributed by atoms with E-state index >= 15 is 0 Å². The second-order valence-corrected chi connectivity index (χ2v) is 5.05. The Morgan fingerprint density at radius 2 is 2.11 bits per heavy atom. The molecule has 0 bridgehead atoms. The van der Waals surface area contributed by atoms with Crippen molar-refractivity contribution in [2.45, 2.75) is 39.3 Å². The summed E-state index contributed by atoms with van der Waals surface area (Å²) in [6.45, 7) is 7.93. The highest BCUT2D eigenvalue weighted by Gasteiger charge is 2.19. The third kappa shape index (κ3) is 4.14. The van der Waals surface area contributed by atoms with Gasteiger partial charge in [0.05, 0.1) is 12.6 Å². The van der Waals surface area contributed by atoms with Gasteiger partial charge in [0, 0.05) is 38.5 Å². The van der Waals surface area contributed by atoms with Crippen LogP contribution in [-0.2, 0) is 11.3 Å². The monoisotopic (exact) mass is 264 g/mol. The van der Waals surface area contributed by atoms with Crippen LogP contribution in [0.5, 0.6) is 0 Å². The minimum Gasteiger partial charge on any atom is -0.381 e. The number of rotatable bonds is 5. The first-order valence-corrected chi connectivity index (χ1v) is 7.05. The maximum atomic E-state index is 5.39. The van der Waals surface area contributed by atoms with E-state index in [1.54, 1.807) is 7.11 Å². The molecular weight excluding hydrogens is 240 g/mol. The summed E-state index contributed by atoms with van der Waals surface area (Å²) in [5, 5.41) is 3.25. The number of aryl methyl sites for hydroxylation is 1. The molecule has 2 rings (SSSR count). The lowest BCUT2D eigenvalue weighted by molar-refractivity contribution is 0.0381. The molecule has 1 aliphatic heterocycles. The molecule has 5 nitrogen and oxygen atoms in total. The molecule has 0 radical (unpaired) electrons. The number of nitrogens with zero attached hydrogens (tertiary/aromatic N) is 3. The lowest BCUT2D eigenvalue weighted by atomic mass is 10.1. The number of hydrogen-bond donors (Lipinski definition) is 1. The van der Waals surface area contributed by atoms with Crippen LogP contribution in [0.2, 0.25) is 0 Å². The molecule has 1 saturated heterocycles. The molecule has 1 aliphatic rings. The van der Waals surface area contributed by atoms with E-state index < -0.39 is 0 Å². The van der Waals surface area contributed by atoms with E-state index in [0.29, 0.717) is 6.10 Å². The molecule has 5 heteroatoms. The van der Waals surface area contributed by atoms with Crippen molar-refractivity contribution in [1.29, 1.82) is 0 Å². The number of aromatic nitrogens is 2. The summed E-state index contributed by atoms with van der Waals surface area (Å²) in [5.41, 5.74) is 1.02. The lowest BCUT2D eigenvalue weighted by Gasteiger charge is -2.30. The molecule has 1 N–H and O–H groups in total. The van der Waals surface area contributed by atoms with Crippen LogP contribution >= 0.6 is 0 Å². The maximum absolute atomic E-state index is 5.39. The van der Waals surface area contributed by atoms with Crippen LogP contribution in [0.4, 0.5) is 5.82 Å². The van der Waals surface area contributed by atoms with Crippen LogP contribution in [0, 0.1) is 6.92 Å². The number of piperidine rings is 1. The molecule has 0 unspecified atom stereocenters. The molecule has 0 aliphatic carbocycles. The average molecular weight is 264 g/mol. The first kappa shape index (κ1) is 14.2. The Bertz CT molecular complexity index is 402. The average Bonchev–Trinajstić information content (AvgIpc) is 2.39. The zero-order valence-corrected chi connectivity index (χ0v) is 12.1. The number of methoxy groups -OCH3 is 1. The van der Waals surface area contributed by atoms with E-state index in [0.717, 1.165) is 56.4 Å². The van der Waals surface area contributed by atoms with Crippen LogP contribution in [0.15, 0.2) is 6.07 Å². The van der Waals surface area contributed by atoms with E-state index in [4.69, 9.17) is 4.74 Å². The highest BCUT2D eigenvalue weighted by Crippen LogP contribution is 2.15. The summed E-state index contributed by atoms with van der Waals surface area (Å²) in [4.78, 5) is 11.5. The van der Waals surface area contributed by atoms with Gasteiger partial charge in [-0.15, -0.1) is 0 Å². The second kappa shape index (κ2) is 6.82. The summed E-state index contributed by atoms with van der Waals surface area (Å²) >= 11 is 0. The third-order valence-corrected chi connectivity index (χ3v) is 3.49. The molecule has 106 valence electrons. The fourth-order valence-corrected chi connectivity index (χ4v) is 2.48. The van der Waals surface area contributed by atoms with Gasteiger partial charge in [0.15, 0.2) is 0 Å². The SMILES string of the molecule is CCNc1cc(C)nc(CN2CCC(OC)CC2)n1. The molecule has 1 fully saturated rings. The predicted octanol–water partition coefficient (Wildman–Crippen LogP) is 1.83. The summed E-state index contributed by atoms with van der Waals surface area (Å²) in [7, 11) is 1.80. The van der Waals surface area contributed by atoms with Gasteiger partial charge in [-0.25, -0.2) is 9.97 Å². The number of nitrogens with one attached hydrogen (secondary N) is 1. The molecule has 0 aromatic carbocycles. The molecule has 0 spiro atoms. The standard InChI is InChI=1S/C14H24N4O/c1-4-15-13-9-11(2)16-14(17-13)10-18-7-5-12(19-3)6-8-18/h9,12H,4-8,10H2,1-3H3,(H,15,16,17). The van der Waals surface area contributed by atoms with Crippen molar-refractivity contribution in [2.75, 3.05) is 32.1 Å². The van der Waals surface area contributed by atoms with Crippen LogP contribution in [0.3, 0.4) is 0 Å². The predicted molar refractivity (Wildman–Crippen MR) is 76.2 cm³/mol. The van der Waals surface area contributed by atoms with Gasteiger partial charge in [0.25, 0.3) is 0 Å². The van der Waals surface area contributed by atoms with Crippen molar-refractivity contribution in [2.24, 2.45) is 0 Å². The van der Waals surface area contributed by atoms with Crippen molar-refractivity contribution in [1.82, 2.24) is 14.9 Å². The summed E-state index contributed by atoms with van der Waals surface area (Å²) in [5.74, 6) is 1.84. The van der Waals surface area contributed by atoms with E-state index in [1.165, 1.54) is 0 Å². The maximum Gasteiger partial charge on any atom is 0.144 e. The Morgan fingerprint density at radius 3 is 2.74 bits per heavy atom. The van der Waals surface area contributed by atoms with E-state index in [9.17, 15) is 0 Å². The van der Waals surface area contributed by atoms with Gasteiger partial charge in [-0.3, -0.25) is 4.90 Å². The highest BCUT2D eigenvalue weighted by molar-refractivity contribution is 5.35. The Labute approximate surface area is 115 Å². The molecule has 0 amide bonds. The molecule has 2 heterocycles. The van der Waals surface area contributed by atoms with Crippen LogP contribution in [0.1, 0.15) is 31.3 Å². The largest absolute Gasteiger partial charge is 0.381 e. The van der Waals surface area contributed by atoms with Crippen molar-refractivity contribution in [3.05, 3.63) is 17.6 Å². The summed E-state index contributed by atoms with van der Waals surface area (Å²) in [6, 6.07) is 1.99. The van der Waals surface area contributed by atoms with Gasteiger partial charge in [0.2, 0.25) is 0 Å². The Hall–Kier alpha value is -1.20. The minimum absolute atomic E-state index is 0.423. The van der Waals surface area contributed by atoms with Crippen LogP contribution < -0.4 is 5.32 Å². The lowest BCUT2D eigenvalue weighted by Crippen LogP contribution is -2.36. The molecule has 0 saturated carbocycles. The van der Waals surface area contributed by atoms with Gasteiger partial charge >= 0.3 is 0 Å². The van der Waals surface area contributed by atoms with Gasteiger partial charge in [-0.1, -0.05) is 0 Å². The number of anilines is 1. The molecule has 1 aromatic rings. The molecular formula is C14H24N4O. The molecule has 19 heavy (non-hydrogen) atoms. The van der Waals surface area contributed by atoms with Crippen molar-refractivity contribution < 1.29 is 4.74 Å². The van der Waals surface area contributed by atoms with Gasteiger partial charge in [-0.05, 0) is 26.7 Å². The van der Waals surface area contributed by atoms with Gasteiger partial charge in [-0.2, -0.15) is 0 Å². The zero-order valence-electron chi connectivity index (χ0n) is 12.1. The fourth-order valence-electron chi connectivity index (χ4n) is 2.48. The van der Waals surface area contributed by atoms with Crippen molar-refractivity contribution in [3.63, 3.8) is 0 Å².